The molecule has 0 aliphatic rings. The van der Waals surface area contributed by atoms with Gasteiger partial charge < -0.3 is 42.1 Å². The molecule has 0 fully saturated rings. The molecule has 0 aliphatic carbocycles. The van der Waals surface area contributed by atoms with Crippen LogP contribution in [0.5, 0.6) is 0 Å². The molecular weight excluding hydrogens is 424 g/mol. The van der Waals surface area contributed by atoms with Crippen LogP contribution in [0.1, 0.15) is 26.7 Å². The lowest BCUT2D eigenvalue weighted by molar-refractivity contribution is -0.145. The Kier molecular flexibility index (Phi) is 11.9. The van der Waals surface area contributed by atoms with Gasteiger partial charge in [-0.2, -0.15) is 12.6 Å². The number of nitrogens with one attached hydrogen (secondary N) is 3. The van der Waals surface area contributed by atoms with Crippen molar-refractivity contribution in [2.24, 2.45) is 5.73 Å². The molecule has 0 aliphatic heterocycles. The second-order valence-corrected chi connectivity index (χ2v) is 6.94. The Morgan fingerprint density at radius 3 is 1.77 bits per heavy atom. The molecule has 0 bridgehead atoms. The van der Waals surface area contributed by atoms with Crippen molar-refractivity contribution in [3.63, 3.8) is 0 Å². The minimum atomic E-state index is -1.71. The van der Waals surface area contributed by atoms with Crippen LogP contribution in [-0.2, 0) is 24.0 Å². The summed E-state index contributed by atoms with van der Waals surface area (Å²) in [7, 11) is 0. The highest BCUT2D eigenvalue weighted by Crippen LogP contribution is 2.04. The SMILES string of the molecule is CC(O)C(NC(=O)C(CCC(=O)O)NC(=O)C(NC(=O)C(N)CS)C(C)O)C(=O)O. The van der Waals surface area contributed by atoms with Crippen molar-refractivity contribution in [3.05, 3.63) is 0 Å². The number of carboxylic acids is 2. The van der Waals surface area contributed by atoms with Gasteiger partial charge in [-0.25, -0.2) is 4.79 Å². The monoisotopic (exact) mass is 452 g/mol. The number of carboxylic acid groups (broad SMARTS) is 2. The van der Waals surface area contributed by atoms with Gasteiger partial charge in [0, 0.05) is 12.2 Å². The van der Waals surface area contributed by atoms with Gasteiger partial charge in [0.05, 0.1) is 18.2 Å². The zero-order chi connectivity index (χ0) is 23.6. The van der Waals surface area contributed by atoms with Crippen molar-refractivity contribution in [2.75, 3.05) is 5.75 Å². The summed E-state index contributed by atoms with van der Waals surface area (Å²) >= 11 is 3.85. The highest BCUT2D eigenvalue weighted by atomic mass is 32.1. The average molecular weight is 452 g/mol. The smallest absolute Gasteiger partial charge is 0.328 e. The Bertz CT molecular complexity index is 644. The largest absolute Gasteiger partial charge is 0.481 e. The van der Waals surface area contributed by atoms with E-state index in [2.05, 4.69) is 23.3 Å². The lowest BCUT2D eigenvalue weighted by atomic mass is 10.1. The van der Waals surface area contributed by atoms with E-state index in [-0.39, 0.29) is 5.75 Å². The Morgan fingerprint density at radius 2 is 1.37 bits per heavy atom. The molecule has 3 amide bonds. The van der Waals surface area contributed by atoms with Gasteiger partial charge in [-0.1, -0.05) is 0 Å². The third-order valence-corrected chi connectivity index (χ3v) is 4.32. The first-order valence-electron chi connectivity index (χ1n) is 8.90. The topological polar surface area (TPSA) is 228 Å². The number of amides is 3. The van der Waals surface area contributed by atoms with Crippen LogP contribution in [0.15, 0.2) is 0 Å². The molecule has 13 nitrogen and oxygen atoms in total. The number of hydrogen-bond acceptors (Lipinski definition) is 9. The average Bonchev–Trinajstić information content (AvgIpc) is 2.64. The first kappa shape index (κ1) is 27.6. The number of aliphatic carboxylic acids is 2. The summed E-state index contributed by atoms with van der Waals surface area (Å²) in [5.41, 5.74) is 5.50. The van der Waals surface area contributed by atoms with E-state index in [1.54, 1.807) is 0 Å². The third-order valence-electron chi connectivity index (χ3n) is 3.92. The van der Waals surface area contributed by atoms with Gasteiger partial charge in [0.15, 0.2) is 6.04 Å². The summed E-state index contributed by atoms with van der Waals surface area (Å²) in [5.74, 6) is -5.76. The normalized spacial score (nSPS) is 16.9. The fraction of sp³-hybridized carbons (Fsp3) is 0.688. The van der Waals surface area contributed by atoms with E-state index in [1.165, 1.54) is 6.92 Å². The third kappa shape index (κ3) is 9.39. The van der Waals surface area contributed by atoms with Crippen LogP contribution in [0.3, 0.4) is 0 Å². The molecule has 14 heteroatoms. The number of nitrogens with two attached hydrogens (primary N) is 1. The number of hydrogen-bond donors (Lipinski definition) is 9. The molecule has 0 saturated heterocycles. The van der Waals surface area contributed by atoms with Gasteiger partial charge in [-0.05, 0) is 20.3 Å². The molecular formula is C16H28N4O9S. The van der Waals surface area contributed by atoms with Crippen molar-refractivity contribution in [3.8, 4) is 0 Å². The first-order valence-corrected chi connectivity index (χ1v) is 9.53. The van der Waals surface area contributed by atoms with Crippen LogP contribution in [-0.4, -0.2) is 92.2 Å². The first-order chi connectivity index (χ1) is 13.8. The Balaban J connectivity index is 5.47. The zero-order valence-corrected chi connectivity index (χ0v) is 17.3. The molecule has 30 heavy (non-hydrogen) atoms. The summed E-state index contributed by atoms with van der Waals surface area (Å²) in [5, 5.41) is 43.6. The fourth-order valence-electron chi connectivity index (χ4n) is 2.19. The lowest BCUT2D eigenvalue weighted by Gasteiger charge is -2.26. The van der Waals surface area contributed by atoms with E-state index in [4.69, 9.17) is 15.9 Å². The van der Waals surface area contributed by atoms with E-state index in [0.717, 1.165) is 6.92 Å². The van der Waals surface area contributed by atoms with Crippen LogP contribution >= 0.6 is 12.6 Å². The van der Waals surface area contributed by atoms with E-state index in [0.29, 0.717) is 0 Å². The van der Waals surface area contributed by atoms with Gasteiger partial charge in [-0.15, -0.1) is 0 Å². The molecule has 0 aromatic heterocycles. The van der Waals surface area contributed by atoms with E-state index < -0.39 is 78.9 Å². The molecule has 0 spiro atoms. The maximum atomic E-state index is 12.5. The minimum absolute atomic E-state index is 0.0421. The van der Waals surface area contributed by atoms with Crippen LogP contribution in [0.4, 0.5) is 0 Å². The minimum Gasteiger partial charge on any atom is -0.481 e. The summed E-state index contributed by atoms with van der Waals surface area (Å²) in [6, 6.07) is -5.83. The van der Waals surface area contributed by atoms with Crippen molar-refractivity contribution in [2.45, 2.75) is 63.1 Å². The predicted molar refractivity (Wildman–Crippen MR) is 105 cm³/mol. The molecule has 0 radical (unpaired) electrons. The molecule has 9 N–H and O–H groups in total. The highest BCUT2D eigenvalue weighted by Gasteiger charge is 2.33. The predicted octanol–water partition coefficient (Wildman–Crippen LogP) is -3.59. The van der Waals surface area contributed by atoms with Crippen LogP contribution in [0, 0.1) is 0 Å². The number of aliphatic hydroxyl groups excluding tert-OH is 2. The van der Waals surface area contributed by atoms with Crippen molar-refractivity contribution < 1.29 is 44.4 Å². The zero-order valence-electron chi connectivity index (χ0n) is 16.4. The molecule has 0 aromatic rings. The van der Waals surface area contributed by atoms with E-state index in [9.17, 15) is 34.2 Å². The molecule has 0 heterocycles. The molecule has 6 unspecified atom stereocenters. The van der Waals surface area contributed by atoms with Crippen molar-refractivity contribution in [1.82, 2.24) is 16.0 Å². The Hall–Kier alpha value is -2.42. The number of aliphatic hydroxyl groups is 2. The summed E-state index contributed by atoms with van der Waals surface area (Å²) in [6.07, 6.45) is -3.86. The molecule has 172 valence electrons. The number of thiol groups is 1. The molecule has 0 rings (SSSR count). The standard InChI is InChI=1S/C16H28N4O9S/c1-6(21)11(19-13(25)8(17)5-30)15(27)18-9(3-4-10(23)24)14(26)20-12(7(2)22)16(28)29/h6-9,11-12,21-22,30H,3-5,17H2,1-2H3,(H,18,27)(H,19,25)(H,20,26)(H,23,24)(H,28,29). The lowest BCUT2D eigenvalue weighted by Crippen LogP contribution is -2.60. The van der Waals surface area contributed by atoms with Crippen molar-refractivity contribution in [1.29, 1.82) is 0 Å². The van der Waals surface area contributed by atoms with Gasteiger partial charge >= 0.3 is 11.9 Å². The quantitative estimate of drug-likeness (QED) is 0.125. The number of rotatable bonds is 13. The van der Waals surface area contributed by atoms with Gasteiger partial charge in [0.2, 0.25) is 17.7 Å². The van der Waals surface area contributed by atoms with Gasteiger partial charge in [0.1, 0.15) is 12.1 Å². The van der Waals surface area contributed by atoms with Crippen LogP contribution in [0.2, 0.25) is 0 Å². The van der Waals surface area contributed by atoms with Gasteiger partial charge in [0.25, 0.3) is 0 Å². The highest BCUT2D eigenvalue weighted by molar-refractivity contribution is 7.80. The Labute approximate surface area is 177 Å². The van der Waals surface area contributed by atoms with Crippen LogP contribution < -0.4 is 21.7 Å². The second-order valence-electron chi connectivity index (χ2n) is 6.57. The maximum absolute atomic E-state index is 12.5. The summed E-state index contributed by atoms with van der Waals surface area (Å²) in [6.45, 7) is 2.31. The summed E-state index contributed by atoms with van der Waals surface area (Å²) < 4.78 is 0. The molecule has 0 saturated carbocycles. The molecule has 6 atom stereocenters. The van der Waals surface area contributed by atoms with Crippen LogP contribution in [0.25, 0.3) is 0 Å². The Morgan fingerprint density at radius 1 is 0.867 bits per heavy atom. The maximum Gasteiger partial charge on any atom is 0.328 e. The second kappa shape index (κ2) is 13.0. The molecule has 0 aromatic carbocycles. The van der Waals surface area contributed by atoms with E-state index in [1.807, 2.05) is 5.32 Å². The number of carbonyl (C=O) groups is 5. The summed E-state index contributed by atoms with van der Waals surface area (Å²) in [4.78, 5) is 58.8. The fourth-order valence-corrected chi connectivity index (χ4v) is 2.35. The number of carbonyl (C=O) groups excluding carboxylic acids is 3. The van der Waals surface area contributed by atoms with Gasteiger partial charge in [-0.3, -0.25) is 19.2 Å². The van der Waals surface area contributed by atoms with E-state index >= 15 is 0 Å². The van der Waals surface area contributed by atoms with Crippen molar-refractivity contribution >= 4 is 42.3 Å².